The summed E-state index contributed by atoms with van der Waals surface area (Å²) in [6, 6.07) is 21.4. The first kappa shape index (κ1) is 94.6. The van der Waals surface area contributed by atoms with Crippen LogP contribution in [-0.4, -0.2) is 166 Å². The number of carboxylic acids is 1. The Morgan fingerprint density at radius 1 is 0.465 bits per heavy atom. The van der Waals surface area contributed by atoms with Crippen LogP contribution >= 0.6 is 35.6 Å². The molecule has 19 N–H and O–H groups in total. The van der Waals surface area contributed by atoms with Crippen LogP contribution < -0.4 is 22.9 Å². The van der Waals surface area contributed by atoms with Crippen LogP contribution in [-0.2, 0) is 113 Å². The number of hydrogen-bond acceptors (Lipinski definition) is 43. The van der Waals surface area contributed by atoms with Gasteiger partial charge in [0.05, 0.1) is 95.3 Å². The van der Waals surface area contributed by atoms with Crippen molar-refractivity contribution in [1.82, 2.24) is 4.90 Å². The van der Waals surface area contributed by atoms with Gasteiger partial charge in [-0.1, -0.05) is 30.2 Å². The third kappa shape index (κ3) is 27.9. The minimum absolute atomic E-state index is 0. The van der Waals surface area contributed by atoms with Gasteiger partial charge in [-0.15, -0.1) is 40.1 Å². The van der Waals surface area contributed by atoms with E-state index in [-0.39, 0.29) is 68.6 Å². The van der Waals surface area contributed by atoms with E-state index in [4.69, 9.17) is 41.9 Å². The monoisotopic (exact) mass is 1810 g/mol. The number of azo groups is 5. The fourth-order valence-electron chi connectivity index (χ4n) is 8.54. The van der Waals surface area contributed by atoms with Crippen molar-refractivity contribution in [2.24, 2.45) is 51.1 Å². The van der Waals surface area contributed by atoms with Gasteiger partial charge in [-0.2, -0.15) is 57.4 Å². The standard InChI is InChI=1S/C55H51N15O31S11.2H2O/c1-2-70(16-23-105(74,75)38-12-14-40(43(29-38)104-99-98-73)63-65-42-31-45(109(83,84)85)48(57)53(47(42)56)68-61-33-7-4-10-36(27-33)103-22-19-96-101-112(92,93)94)17-24-106(76,77)39-13-15-41(44(30-39)108(80,81)82)64-67-52-46(55(71)72)51(66-60-32-6-3-9-35(26-32)102-21-18-95-100-111(89,90)91)49(58)54(50(52)59)69-62-34-8-5-11-37(28-34)107(78,79)25-20-97-110(86,87)88;;/h3-15,26-31,73H,2,16-17,20,23-25,56-59H2,1H3,(H,71,72)(H,80,81,82)(H,83,84,85)(H,86,87,88)(H,89,90,91)(H,92,93,94);2*1H2. The van der Waals surface area contributed by atoms with Crippen molar-refractivity contribution in [3.05, 3.63) is 121 Å². The molecule has 0 atom stereocenters. The van der Waals surface area contributed by atoms with Crippen LogP contribution in [0.15, 0.2) is 206 Å². The Balaban J connectivity index is 0.0000116. The molecule has 7 rings (SSSR count). The molecule has 0 fully saturated rings. The number of nitrogens with zero attached hydrogens (tertiary/aromatic N) is 11. The minimum Gasteiger partial charge on any atom is -0.478 e. The summed E-state index contributed by atoms with van der Waals surface area (Å²) in [7, 11) is -39.1. The highest BCUT2D eigenvalue weighted by Gasteiger charge is 2.30. The first-order chi connectivity index (χ1) is 52.3. The quantitative estimate of drug-likeness (QED) is 0.00261. The molecule has 48 nitrogen and oxygen atoms in total. The van der Waals surface area contributed by atoms with Crippen LogP contribution in [0.2, 0.25) is 0 Å². The van der Waals surface area contributed by atoms with Crippen molar-refractivity contribution in [1.29, 1.82) is 0 Å². The first-order valence-electron chi connectivity index (χ1n) is 29.3. The maximum absolute atomic E-state index is 14.0. The van der Waals surface area contributed by atoms with E-state index in [0.29, 0.717) is 28.8 Å². The number of thioether (sulfide) groups is 2. The Hall–Kier alpha value is -9.98. The van der Waals surface area contributed by atoms with Crippen molar-refractivity contribution in [3.63, 3.8) is 0 Å². The van der Waals surface area contributed by atoms with Gasteiger partial charge in [-0.25, -0.2) is 39.5 Å². The van der Waals surface area contributed by atoms with Crippen molar-refractivity contribution in [2.45, 2.75) is 46.1 Å². The van der Waals surface area contributed by atoms with Crippen LogP contribution in [0.1, 0.15) is 17.3 Å². The zero-order valence-corrected chi connectivity index (χ0v) is 65.5. The van der Waals surface area contributed by atoms with Crippen LogP contribution in [0.3, 0.4) is 0 Å². The van der Waals surface area contributed by atoms with E-state index in [1.54, 1.807) is 0 Å². The van der Waals surface area contributed by atoms with E-state index in [1.165, 1.54) is 72.5 Å². The molecule has 0 amide bonds. The Labute approximate surface area is 657 Å². The number of hydrogen-bond donors (Lipinski definition) is 11. The lowest BCUT2D eigenvalue weighted by molar-refractivity contribution is -0.432. The second-order valence-electron chi connectivity index (χ2n) is 21.0. The topological polar surface area (TPSA) is 790 Å². The summed E-state index contributed by atoms with van der Waals surface area (Å²) in [5.74, 6) is -4.47. The van der Waals surface area contributed by atoms with Crippen molar-refractivity contribution >= 4 is 202 Å². The fourth-order valence-corrected chi connectivity index (χ4v) is 15.9. The van der Waals surface area contributed by atoms with Crippen LogP contribution in [0, 0.1) is 22.7 Å². The highest BCUT2D eigenvalue weighted by Crippen LogP contribution is 2.50. The van der Waals surface area contributed by atoms with E-state index in [9.17, 15) is 86.3 Å². The Morgan fingerprint density at radius 2 is 0.895 bits per heavy atom. The van der Waals surface area contributed by atoms with Gasteiger partial charge in [0, 0.05) is 33.4 Å². The fraction of sp³-hybridized carbons (Fsp3) is 0.145. The molecular formula is C55H55N15O33S11. The maximum Gasteiger partial charge on any atom is 0.433 e. The summed E-state index contributed by atoms with van der Waals surface area (Å²) >= 11 is 1.64. The molecule has 7 aromatic carbocycles. The van der Waals surface area contributed by atoms with E-state index in [2.05, 4.69) is 93.6 Å². The predicted octanol–water partition coefficient (Wildman–Crippen LogP) is 7.75. The van der Waals surface area contributed by atoms with Gasteiger partial charge in [0.2, 0.25) is 0 Å². The molecule has 0 radical (unpaired) electrons. The maximum atomic E-state index is 14.0. The molecule has 59 heteroatoms. The molecule has 114 heavy (non-hydrogen) atoms. The number of aromatic carboxylic acids is 1. The number of benzene rings is 7. The second-order valence-corrected chi connectivity index (χ2v) is 35.6. The minimum atomic E-state index is -5.53. The number of nitrogen functional groups attached to an aromatic ring is 4. The van der Waals surface area contributed by atoms with Crippen molar-refractivity contribution in [3.8, 4) is 22.7 Å². The van der Waals surface area contributed by atoms with Gasteiger partial charge in [0.1, 0.15) is 55.2 Å². The normalized spacial score (nSPS) is 12.6. The molecule has 614 valence electrons. The number of carboxylic acid groups (broad SMARTS) is 1. The molecule has 0 aliphatic carbocycles. The number of nitrogens with two attached hydrogens (primary N) is 4. The van der Waals surface area contributed by atoms with Crippen LogP contribution in [0.4, 0.5) is 79.6 Å². The highest BCUT2D eigenvalue weighted by molar-refractivity contribution is 8.04. The molecule has 0 aromatic heterocycles. The Bertz CT molecular complexity index is 6090. The molecule has 0 aliphatic rings. The Kier molecular flexibility index (Phi) is 33.5. The number of rotatable bonds is 36. The first-order valence-corrected chi connectivity index (χ1v) is 43.6. The summed E-state index contributed by atoms with van der Waals surface area (Å²) < 4.78 is 261. The molecule has 0 bridgehead atoms. The summed E-state index contributed by atoms with van der Waals surface area (Å²) in [5.41, 5.74) is 16.6. The van der Waals surface area contributed by atoms with Gasteiger partial charge in [0.15, 0.2) is 41.7 Å². The van der Waals surface area contributed by atoms with Crippen LogP contribution in [0.25, 0.3) is 0 Å². The van der Waals surface area contributed by atoms with E-state index < -0.39 is 204 Å². The predicted molar refractivity (Wildman–Crippen MR) is 399 cm³/mol. The summed E-state index contributed by atoms with van der Waals surface area (Å²) in [5, 5.41) is 67.5. The summed E-state index contributed by atoms with van der Waals surface area (Å²) in [4.78, 5) is 19.2. The van der Waals surface area contributed by atoms with E-state index >= 15 is 0 Å². The van der Waals surface area contributed by atoms with Gasteiger partial charge in [0.25, 0.3) is 20.2 Å². The molecule has 0 saturated heterocycles. The average Bonchev–Trinajstić information content (AvgIpc) is 0.758. The van der Waals surface area contributed by atoms with Gasteiger partial charge in [-0.3, -0.25) is 32.5 Å². The lowest BCUT2D eigenvalue weighted by Crippen LogP contribution is -2.33. The van der Waals surface area contributed by atoms with Crippen molar-refractivity contribution in [2.75, 3.05) is 66.4 Å². The van der Waals surface area contributed by atoms with Crippen molar-refractivity contribution < 1.29 is 148 Å². The molecule has 0 spiro atoms. The number of sulfone groups is 3. The molecular weight excluding hydrogens is 1750 g/mol. The molecule has 0 unspecified atom stereocenters. The molecule has 7 aromatic rings. The Morgan fingerprint density at radius 3 is 1.37 bits per heavy atom. The SMILES string of the molecule is CCN(CCS(=O)(=O)c1ccc(N=Nc2cc(S(=O)(=O)O)c(N)c(N=Nc3cccc(SC#COOS(=O)(=O)O)c3)c2N)c(SOOO)c1)CCS(=O)(=O)c1ccc(N=Nc2c(N)c(N=Nc3cccc(S(=O)(=O)CCOS(=O)(=O)O)c3)c(N)c(N=Nc3cccc(SC#COOS(=O)(=O)O)c3)c2C(=O)O)c(S(=O)(=O)O)c1.O.O. The smallest absolute Gasteiger partial charge is 0.433 e. The summed E-state index contributed by atoms with van der Waals surface area (Å²) in [6.07, 6.45) is 3.67. The van der Waals surface area contributed by atoms with E-state index in [1.807, 2.05) is 12.2 Å². The largest absolute Gasteiger partial charge is 0.478 e. The second kappa shape index (κ2) is 40.3. The molecule has 0 saturated carbocycles. The molecule has 0 heterocycles. The summed E-state index contributed by atoms with van der Waals surface area (Å²) in [6.45, 7) is -0.291. The van der Waals surface area contributed by atoms with E-state index in [0.717, 1.165) is 54.2 Å². The average molecular weight is 1810 g/mol. The number of anilines is 4. The zero-order chi connectivity index (χ0) is 82.8. The van der Waals surface area contributed by atoms with Gasteiger partial charge >= 0.3 is 37.2 Å². The molecule has 0 aliphatic heterocycles. The van der Waals surface area contributed by atoms with Crippen LogP contribution in [0.5, 0.6) is 0 Å². The lowest BCUT2D eigenvalue weighted by atomic mass is 10.1. The van der Waals surface area contributed by atoms with Gasteiger partial charge in [-0.05, 0) is 136 Å². The number of carbonyl (C=O) groups is 1. The lowest BCUT2D eigenvalue weighted by Gasteiger charge is -2.20. The third-order valence-electron chi connectivity index (χ3n) is 13.6. The zero-order valence-electron chi connectivity index (χ0n) is 56.6. The highest BCUT2D eigenvalue weighted by atomic mass is 32.3. The van der Waals surface area contributed by atoms with Gasteiger partial charge < -0.3 is 43.9 Å². The third-order valence-corrected chi connectivity index (χ3v) is 23.3.